The Morgan fingerprint density at radius 2 is 1.88 bits per heavy atom. The molecule has 0 bridgehead atoms. The van der Waals surface area contributed by atoms with Gasteiger partial charge in [0.05, 0.1) is 11.1 Å². The predicted octanol–water partition coefficient (Wildman–Crippen LogP) is 5.97. The van der Waals surface area contributed by atoms with Crippen LogP contribution in [0.25, 0.3) is 16.5 Å². The largest absolute Gasteiger partial charge is 0.504 e. The van der Waals surface area contributed by atoms with Crippen LogP contribution in [-0.4, -0.2) is 32.0 Å². The van der Waals surface area contributed by atoms with E-state index >= 15 is 0 Å². The first-order valence-corrected chi connectivity index (χ1v) is 10.2. The summed E-state index contributed by atoms with van der Waals surface area (Å²) in [5.74, 6) is -4.91. The minimum atomic E-state index is -5.24. The van der Waals surface area contributed by atoms with Gasteiger partial charge in [-0.25, -0.2) is 23.1 Å². The predicted molar refractivity (Wildman–Crippen MR) is 113 cm³/mol. The number of aryl methyl sites for hydroxylation is 1. The Morgan fingerprint density at radius 1 is 1.21 bits per heavy atom. The molecule has 4 rings (SSSR count). The van der Waals surface area contributed by atoms with Crippen molar-refractivity contribution in [2.45, 2.75) is 38.1 Å². The Kier molecular flexibility index (Phi) is 5.68. The highest BCUT2D eigenvalue weighted by atomic mass is 35.5. The molecule has 12 heteroatoms. The van der Waals surface area contributed by atoms with E-state index in [0.717, 1.165) is 12.3 Å². The Bertz CT molecular complexity index is 1360. The average Bonchev–Trinajstić information content (AvgIpc) is 2.76. The minimum absolute atomic E-state index is 0.0858. The number of halogens is 7. The van der Waals surface area contributed by atoms with Gasteiger partial charge in [-0.2, -0.15) is 13.2 Å². The molecule has 1 heterocycles. The van der Waals surface area contributed by atoms with Crippen molar-refractivity contribution >= 4 is 33.8 Å². The number of allylic oxidation sites excluding steroid dienone is 1. The normalized spacial score (nSPS) is 21.7. The summed E-state index contributed by atoms with van der Waals surface area (Å²) in [5, 5.41) is 22.8. The second kappa shape index (κ2) is 8.02. The van der Waals surface area contributed by atoms with Gasteiger partial charge in [0.2, 0.25) is 0 Å². The third kappa shape index (κ3) is 3.54. The third-order valence-corrected chi connectivity index (χ3v) is 6.10. The number of alkyl halides is 3. The van der Waals surface area contributed by atoms with E-state index in [-0.39, 0.29) is 28.0 Å². The second-order valence-electron chi connectivity index (χ2n) is 7.87. The van der Waals surface area contributed by atoms with Crippen LogP contribution in [0.2, 0.25) is 5.02 Å². The minimum Gasteiger partial charge on any atom is -0.504 e. The summed E-state index contributed by atoms with van der Waals surface area (Å²) in [7, 11) is 0. The van der Waals surface area contributed by atoms with E-state index in [9.17, 15) is 36.6 Å². The highest BCUT2D eigenvalue weighted by Gasteiger charge is 2.62. The zero-order valence-corrected chi connectivity index (χ0v) is 18.3. The molecule has 0 unspecified atom stereocenters. The number of nitrogens with one attached hydrogen (secondary N) is 1. The van der Waals surface area contributed by atoms with Crippen LogP contribution in [0.3, 0.4) is 0 Å². The van der Waals surface area contributed by atoms with E-state index in [1.165, 1.54) is 19.9 Å². The molecule has 0 aliphatic heterocycles. The topological polar surface area (TPSA) is 78.3 Å². The van der Waals surface area contributed by atoms with Gasteiger partial charge in [-0.1, -0.05) is 17.7 Å². The Hall–Kier alpha value is -3.05. The van der Waals surface area contributed by atoms with Crippen LogP contribution < -0.4 is 5.32 Å². The first-order valence-electron chi connectivity index (χ1n) is 9.83. The van der Waals surface area contributed by atoms with Crippen LogP contribution in [0, 0.1) is 24.4 Å². The van der Waals surface area contributed by atoms with E-state index in [2.05, 4.69) is 15.3 Å². The van der Waals surface area contributed by atoms with Gasteiger partial charge in [0.25, 0.3) is 0 Å². The molecule has 3 aromatic rings. The standard InChI is InChI=1S/C22H16ClF6N3O2/c1-3-9-6-21(34,22(27,28)29)20(10-4-12(23)16(25)19(33)15(9)10)32-14-5-13(24)17(26)18-11(14)7-30-8(2)31-18/h3-5,7,20,32-34H,6H2,1-2H3/b9-3+/t20-,21+/m0/s1. The van der Waals surface area contributed by atoms with Crippen molar-refractivity contribution in [3.05, 3.63) is 63.8 Å². The zero-order chi connectivity index (χ0) is 25.2. The van der Waals surface area contributed by atoms with Gasteiger partial charge in [0.1, 0.15) is 11.3 Å². The Morgan fingerprint density at radius 3 is 2.50 bits per heavy atom. The second-order valence-corrected chi connectivity index (χ2v) is 8.28. The Balaban J connectivity index is 2.02. The van der Waals surface area contributed by atoms with Crippen molar-refractivity contribution in [2.24, 2.45) is 0 Å². The number of rotatable bonds is 2. The lowest BCUT2D eigenvalue weighted by Crippen LogP contribution is -2.54. The first kappa shape index (κ1) is 24.1. The van der Waals surface area contributed by atoms with Gasteiger partial charge in [-0.3, -0.25) is 0 Å². The van der Waals surface area contributed by atoms with Gasteiger partial charge >= 0.3 is 6.18 Å². The first-order chi connectivity index (χ1) is 15.8. The van der Waals surface area contributed by atoms with E-state index in [1.54, 1.807) is 0 Å². The molecule has 1 aromatic heterocycles. The van der Waals surface area contributed by atoms with Gasteiger partial charge in [0.15, 0.2) is 28.8 Å². The van der Waals surface area contributed by atoms with Crippen LogP contribution in [0.15, 0.2) is 24.4 Å². The zero-order valence-electron chi connectivity index (χ0n) is 17.5. The molecule has 0 fully saturated rings. The number of hydrogen-bond acceptors (Lipinski definition) is 5. The highest BCUT2D eigenvalue weighted by molar-refractivity contribution is 6.31. The molecule has 2 aromatic carbocycles. The lowest BCUT2D eigenvalue weighted by atomic mass is 9.72. The molecule has 1 aliphatic carbocycles. The van der Waals surface area contributed by atoms with Crippen LogP contribution >= 0.6 is 11.6 Å². The van der Waals surface area contributed by atoms with E-state index in [4.69, 9.17) is 11.6 Å². The van der Waals surface area contributed by atoms with Gasteiger partial charge in [-0.15, -0.1) is 0 Å². The number of aromatic hydroxyl groups is 1. The van der Waals surface area contributed by atoms with Gasteiger partial charge in [-0.05, 0) is 31.1 Å². The molecular weight excluding hydrogens is 488 g/mol. The van der Waals surface area contributed by atoms with Crippen molar-refractivity contribution in [1.82, 2.24) is 9.97 Å². The molecule has 180 valence electrons. The summed E-state index contributed by atoms with van der Waals surface area (Å²) in [5.41, 5.74) is -5.23. The Labute approximate surface area is 193 Å². The van der Waals surface area contributed by atoms with E-state index < -0.39 is 63.5 Å². The van der Waals surface area contributed by atoms with Crippen molar-refractivity contribution in [3.63, 3.8) is 0 Å². The number of anilines is 1. The highest BCUT2D eigenvalue weighted by Crippen LogP contribution is 2.55. The lowest BCUT2D eigenvalue weighted by molar-refractivity contribution is -0.265. The molecule has 0 saturated carbocycles. The van der Waals surface area contributed by atoms with Gasteiger partial charge < -0.3 is 15.5 Å². The molecule has 1 aliphatic rings. The fourth-order valence-electron chi connectivity index (χ4n) is 4.13. The molecular formula is C22H16ClF6N3O2. The fourth-order valence-corrected chi connectivity index (χ4v) is 4.34. The fraction of sp³-hybridized carbons (Fsp3) is 0.273. The van der Waals surface area contributed by atoms with Gasteiger partial charge in [0, 0.05) is 35.3 Å². The summed E-state index contributed by atoms with van der Waals surface area (Å²) < 4.78 is 85.7. The molecule has 0 spiro atoms. The smallest absolute Gasteiger partial charge is 0.419 e. The maximum Gasteiger partial charge on any atom is 0.419 e. The number of phenolic OH excluding ortho intramolecular Hbond substituents is 1. The van der Waals surface area contributed by atoms with Crippen LogP contribution in [0.1, 0.15) is 36.3 Å². The molecule has 0 radical (unpaired) electrons. The van der Waals surface area contributed by atoms with Crippen LogP contribution in [0.4, 0.5) is 32.0 Å². The summed E-state index contributed by atoms with van der Waals surface area (Å²) >= 11 is 5.80. The molecule has 2 atom stereocenters. The molecule has 0 saturated heterocycles. The number of phenols is 1. The number of fused-ring (bicyclic) bond motifs is 2. The van der Waals surface area contributed by atoms with Crippen LogP contribution in [-0.2, 0) is 0 Å². The number of hydrogen-bond donors (Lipinski definition) is 3. The third-order valence-electron chi connectivity index (χ3n) is 5.82. The van der Waals surface area contributed by atoms with Crippen molar-refractivity contribution in [1.29, 1.82) is 0 Å². The summed E-state index contributed by atoms with van der Waals surface area (Å²) in [6.07, 6.45) is -4.02. The van der Waals surface area contributed by atoms with E-state index in [0.29, 0.717) is 6.07 Å². The maximum absolute atomic E-state index is 14.3. The SMILES string of the molecule is C/C=C1\C[C@](O)(C(F)(F)F)[C@@H](Nc2cc(F)c(F)c3nc(C)ncc23)c2cc(Cl)c(F)c(O)c21. The molecule has 34 heavy (non-hydrogen) atoms. The molecule has 0 amide bonds. The molecule has 3 N–H and O–H groups in total. The van der Waals surface area contributed by atoms with Crippen molar-refractivity contribution in [3.8, 4) is 5.75 Å². The lowest BCUT2D eigenvalue weighted by Gasteiger charge is -2.44. The summed E-state index contributed by atoms with van der Waals surface area (Å²) in [4.78, 5) is 7.70. The monoisotopic (exact) mass is 503 g/mol. The molecule has 5 nitrogen and oxygen atoms in total. The number of nitrogens with zero attached hydrogens (tertiary/aromatic N) is 2. The quantitative estimate of drug-likeness (QED) is 0.376. The van der Waals surface area contributed by atoms with Crippen molar-refractivity contribution in [2.75, 3.05) is 5.32 Å². The summed E-state index contributed by atoms with van der Waals surface area (Å²) in [6.45, 7) is 2.77. The number of aliphatic hydroxyl groups is 1. The van der Waals surface area contributed by atoms with E-state index in [1.807, 2.05) is 0 Å². The summed E-state index contributed by atoms with van der Waals surface area (Å²) in [6, 6.07) is -0.668. The average molecular weight is 504 g/mol. The maximum atomic E-state index is 14.3. The van der Waals surface area contributed by atoms with Crippen molar-refractivity contribution < 1.29 is 36.6 Å². The number of benzene rings is 2. The van der Waals surface area contributed by atoms with Crippen LogP contribution in [0.5, 0.6) is 5.75 Å². The number of aromatic nitrogens is 2.